The van der Waals surface area contributed by atoms with Crippen molar-refractivity contribution < 1.29 is 9.21 Å². The summed E-state index contributed by atoms with van der Waals surface area (Å²) in [6.07, 6.45) is 2.01. The number of aliphatic imine (C=N–C) groups is 1. The second kappa shape index (κ2) is 11.0. The van der Waals surface area contributed by atoms with Crippen molar-refractivity contribution in [1.29, 1.82) is 0 Å². The Labute approximate surface area is 188 Å². The molecule has 1 amide bonds. The van der Waals surface area contributed by atoms with Crippen molar-refractivity contribution in [3.63, 3.8) is 0 Å². The Morgan fingerprint density at radius 2 is 2.07 bits per heavy atom. The molecule has 158 valence electrons. The number of hydrogen-bond acceptors (Lipinski definition) is 5. The fourth-order valence-electron chi connectivity index (χ4n) is 3.22. The fourth-order valence-corrected chi connectivity index (χ4v) is 3.22. The van der Waals surface area contributed by atoms with Gasteiger partial charge in [-0.2, -0.15) is 0 Å². The highest BCUT2D eigenvalue weighted by molar-refractivity contribution is 14.0. The third-order valence-corrected chi connectivity index (χ3v) is 4.68. The molecule has 1 fully saturated rings. The molecule has 0 bridgehead atoms. The Balaban J connectivity index is 0.00000300. The van der Waals surface area contributed by atoms with E-state index in [0.717, 1.165) is 49.9 Å². The summed E-state index contributed by atoms with van der Waals surface area (Å²) in [4.78, 5) is 22.6. The van der Waals surface area contributed by atoms with Gasteiger partial charge in [0, 0.05) is 31.4 Å². The van der Waals surface area contributed by atoms with Crippen LogP contribution in [-0.4, -0.2) is 42.5 Å². The molecule has 8 nitrogen and oxygen atoms in total. The topological polar surface area (TPSA) is 109 Å². The summed E-state index contributed by atoms with van der Waals surface area (Å²) in [5.74, 6) is 1.97. The van der Waals surface area contributed by atoms with Crippen molar-refractivity contribution >= 4 is 41.7 Å². The highest BCUT2D eigenvalue weighted by Crippen LogP contribution is 2.18. The number of carbonyl (C=O) groups is 1. The zero-order valence-electron chi connectivity index (χ0n) is 16.9. The molecule has 2 aromatic rings. The van der Waals surface area contributed by atoms with Crippen molar-refractivity contribution in [2.75, 3.05) is 24.5 Å². The van der Waals surface area contributed by atoms with E-state index < -0.39 is 5.91 Å². The molecule has 1 aliphatic heterocycles. The number of furan rings is 1. The lowest BCUT2D eigenvalue weighted by Crippen LogP contribution is -2.48. The maximum Gasteiger partial charge on any atom is 0.284 e. The lowest BCUT2D eigenvalue weighted by molar-refractivity contribution is 0.0972. The molecule has 9 heteroatoms. The number of guanidine groups is 1. The average Bonchev–Trinajstić information content (AvgIpc) is 3.16. The first-order valence-electron chi connectivity index (χ1n) is 9.67. The number of nitrogens with two attached hydrogens (primary N) is 1. The van der Waals surface area contributed by atoms with E-state index in [0.29, 0.717) is 18.3 Å². The Kier molecular flexibility index (Phi) is 8.74. The van der Waals surface area contributed by atoms with E-state index in [9.17, 15) is 4.79 Å². The standard InChI is InChI=1S/C20H28N6O2.HI/c1-3-22-20(23-13-16-7-8-17(28-16)19(21)27)25-15-9-11-26(12-10-15)18-6-4-5-14(2)24-18;/h4-8,15H,3,9-13H2,1-2H3,(H2,21,27)(H2,22,23,25);1H. The van der Waals surface area contributed by atoms with Crippen LogP contribution >= 0.6 is 24.0 Å². The summed E-state index contributed by atoms with van der Waals surface area (Å²) >= 11 is 0. The van der Waals surface area contributed by atoms with Crippen LogP contribution in [0.15, 0.2) is 39.7 Å². The van der Waals surface area contributed by atoms with Crippen molar-refractivity contribution in [2.45, 2.75) is 39.3 Å². The van der Waals surface area contributed by atoms with Crippen molar-refractivity contribution in [2.24, 2.45) is 10.7 Å². The Bertz CT molecular complexity index is 830. The Morgan fingerprint density at radius 1 is 1.31 bits per heavy atom. The van der Waals surface area contributed by atoms with Crippen LogP contribution in [0.2, 0.25) is 0 Å². The van der Waals surface area contributed by atoms with Crippen LogP contribution in [-0.2, 0) is 6.54 Å². The summed E-state index contributed by atoms with van der Waals surface area (Å²) in [5.41, 5.74) is 6.25. The lowest BCUT2D eigenvalue weighted by Gasteiger charge is -2.34. The smallest absolute Gasteiger partial charge is 0.284 e. The molecule has 3 heterocycles. The second-order valence-electron chi connectivity index (χ2n) is 6.87. The molecule has 2 aromatic heterocycles. The van der Waals surface area contributed by atoms with Gasteiger partial charge >= 0.3 is 0 Å². The number of hydrogen-bond donors (Lipinski definition) is 3. The van der Waals surface area contributed by atoms with Gasteiger partial charge in [-0.05, 0) is 51.0 Å². The zero-order chi connectivity index (χ0) is 19.9. The van der Waals surface area contributed by atoms with Gasteiger partial charge in [0.25, 0.3) is 5.91 Å². The first-order chi connectivity index (χ1) is 13.5. The van der Waals surface area contributed by atoms with Crippen LogP contribution in [0.1, 0.15) is 41.8 Å². The average molecular weight is 512 g/mol. The number of aromatic nitrogens is 1. The molecule has 0 saturated carbocycles. The Morgan fingerprint density at radius 3 is 2.69 bits per heavy atom. The van der Waals surface area contributed by atoms with Gasteiger partial charge in [-0.15, -0.1) is 24.0 Å². The molecule has 0 aliphatic carbocycles. The SMILES string of the molecule is CCNC(=NCc1ccc(C(N)=O)o1)NC1CCN(c2cccc(C)n2)CC1.I. The lowest BCUT2D eigenvalue weighted by atomic mass is 10.1. The van der Waals surface area contributed by atoms with E-state index >= 15 is 0 Å². The van der Waals surface area contributed by atoms with Gasteiger partial charge in [0.05, 0.1) is 0 Å². The van der Waals surface area contributed by atoms with Crippen LogP contribution in [0, 0.1) is 6.92 Å². The Hall–Kier alpha value is -2.30. The molecule has 0 spiro atoms. The first-order valence-corrected chi connectivity index (χ1v) is 9.67. The monoisotopic (exact) mass is 512 g/mol. The molecule has 29 heavy (non-hydrogen) atoms. The van der Waals surface area contributed by atoms with Crippen LogP contribution in [0.5, 0.6) is 0 Å². The first kappa shape index (κ1) is 23.0. The molecule has 3 rings (SSSR count). The molecular formula is C20H29IN6O2. The van der Waals surface area contributed by atoms with Crippen LogP contribution < -0.4 is 21.3 Å². The maximum atomic E-state index is 11.1. The quantitative estimate of drug-likeness (QED) is 0.312. The molecule has 0 atom stereocenters. The van der Waals surface area contributed by atoms with E-state index in [1.165, 1.54) is 0 Å². The molecule has 4 N–H and O–H groups in total. The van der Waals surface area contributed by atoms with Crippen LogP contribution in [0.25, 0.3) is 0 Å². The molecule has 1 saturated heterocycles. The molecule has 1 aliphatic rings. The number of rotatable bonds is 6. The minimum atomic E-state index is -0.574. The predicted molar refractivity (Wildman–Crippen MR) is 125 cm³/mol. The number of nitrogens with zero attached hydrogens (tertiary/aromatic N) is 3. The molecule has 0 unspecified atom stereocenters. The van der Waals surface area contributed by atoms with Gasteiger partial charge < -0.3 is 25.7 Å². The largest absolute Gasteiger partial charge is 0.454 e. The van der Waals surface area contributed by atoms with Crippen molar-refractivity contribution in [3.8, 4) is 0 Å². The van der Waals surface area contributed by atoms with Crippen LogP contribution in [0.3, 0.4) is 0 Å². The van der Waals surface area contributed by atoms with E-state index in [-0.39, 0.29) is 29.7 Å². The molecule has 0 aromatic carbocycles. The number of primary amides is 1. The molecule has 0 radical (unpaired) electrons. The normalized spacial score (nSPS) is 15.0. The fraction of sp³-hybridized carbons (Fsp3) is 0.450. The van der Waals surface area contributed by atoms with Crippen molar-refractivity contribution in [1.82, 2.24) is 15.6 Å². The van der Waals surface area contributed by atoms with E-state index in [1.54, 1.807) is 12.1 Å². The number of nitrogens with one attached hydrogen (secondary N) is 2. The number of anilines is 1. The third-order valence-electron chi connectivity index (χ3n) is 4.68. The highest BCUT2D eigenvalue weighted by atomic mass is 127. The minimum Gasteiger partial charge on any atom is -0.454 e. The number of halogens is 1. The third kappa shape index (κ3) is 6.62. The highest BCUT2D eigenvalue weighted by Gasteiger charge is 2.21. The van der Waals surface area contributed by atoms with Gasteiger partial charge in [-0.3, -0.25) is 4.79 Å². The number of carbonyl (C=O) groups excluding carboxylic acids is 1. The van der Waals surface area contributed by atoms with Gasteiger partial charge in [0.15, 0.2) is 11.7 Å². The van der Waals surface area contributed by atoms with Gasteiger partial charge in [0.1, 0.15) is 18.1 Å². The summed E-state index contributed by atoms with van der Waals surface area (Å²) in [6.45, 7) is 7.06. The summed E-state index contributed by atoms with van der Waals surface area (Å²) < 4.78 is 5.39. The maximum absolute atomic E-state index is 11.1. The van der Waals surface area contributed by atoms with Crippen LogP contribution in [0.4, 0.5) is 5.82 Å². The van der Waals surface area contributed by atoms with Gasteiger partial charge in [0.2, 0.25) is 0 Å². The summed E-state index contributed by atoms with van der Waals surface area (Å²) in [7, 11) is 0. The zero-order valence-corrected chi connectivity index (χ0v) is 19.2. The van der Waals surface area contributed by atoms with E-state index in [4.69, 9.17) is 10.2 Å². The number of piperidine rings is 1. The van der Waals surface area contributed by atoms with Crippen molar-refractivity contribution in [3.05, 3.63) is 47.5 Å². The number of aryl methyl sites for hydroxylation is 1. The van der Waals surface area contributed by atoms with E-state index in [2.05, 4.69) is 37.6 Å². The summed E-state index contributed by atoms with van der Waals surface area (Å²) in [5, 5.41) is 6.76. The van der Waals surface area contributed by atoms with Gasteiger partial charge in [-0.1, -0.05) is 6.07 Å². The minimum absolute atomic E-state index is 0. The number of pyridine rings is 1. The second-order valence-corrected chi connectivity index (χ2v) is 6.87. The predicted octanol–water partition coefficient (Wildman–Crippen LogP) is 2.42. The van der Waals surface area contributed by atoms with Gasteiger partial charge in [-0.25, -0.2) is 9.98 Å². The molecular weight excluding hydrogens is 483 g/mol. The summed E-state index contributed by atoms with van der Waals surface area (Å²) in [6, 6.07) is 9.77. The number of amides is 1. The van der Waals surface area contributed by atoms with E-state index in [1.807, 2.05) is 19.9 Å².